The summed E-state index contributed by atoms with van der Waals surface area (Å²) in [5.41, 5.74) is 5.30. The maximum Gasteiger partial charge on any atom is 0.258 e. The molecule has 0 aromatic heterocycles. The molecule has 148 valence electrons. The molecule has 4 rings (SSSR count). The predicted molar refractivity (Wildman–Crippen MR) is 95.9 cm³/mol. The molecular formula is C19H25F3N4O. The van der Waals surface area contributed by atoms with E-state index in [9.17, 15) is 18.0 Å². The first kappa shape index (κ1) is 18.6. The molecule has 3 heterocycles. The number of hydrogen-bond donors (Lipinski definition) is 2. The molecule has 1 spiro atoms. The van der Waals surface area contributed by atoms with Crippen LogP contribution in [0.5, 0.6) is 0 Å². The fourth-order valence-corrected chi connectivity index (χ4v) is 4.58. The molecule has 1 amide bonds. The third-order valence-corrected chi connectivity index (χ3v) is 6.20. The third-order valence-electron chi connectivity index (χ3n) is 6.20. The zero-order valence-corrected chi connectivity index (χ0v) is 15.4. The summed E-state index contributed by atoms with van der Waals surface area (Å²) in [6.07, 6.45) is 0.604. The second-order valence-electron chi connectivity index (χ2n) is 8.12. The highest BCUT2D eigenvalue weighted by atomic mass is 19.3. The van der Waals surface area contributed by atoms with Crippen molar-refractivity contribution >= 4 is 11.6 Å². The number of amides is 1. The Labute approximate surface area is 156 Å². The Morgan fingerprint density at radius 3 is 2.70 bits per heavy atom. The molecule has 0 saturated carbocycles. The number of halogens is 3. The van der Waals surface area contributed by atoms with Crippen LogP contribution < -0.4 is 15.8 Å². The highest BCUT2D eigenvalue weighted by Gasteiger charge is 2.60. The number of rotatable bonds is 2. The van der Waals surface area contributed by atoms with E-state index in [-0.39, 0.29) is 56.3 Å². The summed E-state index contributed by atoms with van der Waals surface area (Å²) in [5.74, 6) is -3.35. The molecule has 3 atom stereocenters. The van der Waals surface area contributed by atoms with Crippen molar-refractivity contribution in [3.8, 4) is 0 Å². The Bertz CT molecular complexity index is 731. The SMILES string of the molecule is CC1CC(C(=O)N2CCC(F)(F)C3(CCN(c4cccc(F)c4)C3)C2)NN1. The Balaban J connectivity index is 1.52. The number of likely N-dealkylation sites (tertiary alicyclic amines) is 1. The minimum atomic E-state index is -2.85. The smallest absolute Gasteiger partial charge is 0.258 e. The van der Waals surface area contributed by atoms with Gasteiger partial charge in [-0.1, -0.05) is 6.07 Å². The molecule has 0 radical (unpaired) electrons. The molecular weight excluding hydrogens is 357 g/mol. The molecule has 3 aliphatic rings. The molecule has 8 heteroatoms. The number of nitrogens with zero attached hydrogens (tertiary/aromatic N) is 2. The van der Waals surface area contributed by atoms with E-state index in [4.69, 9.17) is 0 Å². The number of alkyl halides is 2. The zero-order chi connectivity index (χ0) is 19.2. The first-order chi connectivity index (χ1) is 12.8. The highest BCUT2D eigenvalue weighted by molar-refractivity contribution is 5.82. The topological polar surface area (TPSA) is 47.6 Å². The molecule has 5 nitrogen and oxygen atoms in total. The van der Waals surface area contributed by atoms with Gasteiger partial charge in [0.1, 0.15) is 11.9 Å². The fourth-order valence-electron chi connectivity index (χ4n) is 4.58. The van der Waals surface area contributed by atoms with Gasteiger partial charge in [0.2, 0.25) is 5.91 Å². The summed E-state index contributed by atoms with van der Waals surface area (Å²) >= 11 is 0. The minimum Gasteiger partial charge on any atom is -0.371 e. The first-order valence-corrected chi connectivity index (χ1v) is 9.48. The van der Waals surface area contributed by atoms with Gasteiger partial charge >= 0.3 is 0 Å². The number of hydrazine groups is 1. The highest BCUT2D eigenvalue weighted by Crippen LogP contribution is 2.50. The summed E-state index contributed by atoms with van der Waals surface area (Å²) in [6.45, 7) is 2.64. The lowest BCUT2D eigenvalue weighted by Gasteiger charge is -2.46. The third kappa shape index (κ3) is 3.29. The quantitative estimate of drug-likeness (QED) is 0.823. The van der Waals surface area contributed by atoms with Crippen LogP contribution in [0.15, 0.2) is 24.3 Å². The van der Waals surface area contributed by atoms with Crippen LogP contribution in [0, 0.1) is 11.2 Å². The predicted octanol–water partition coefficient (Wildman–Crippen LogP) is 2.14. The summed E-state index contributed by atoms with van der Waals surface area (Å²) < 4.78 is 43.4. The molecule has 0 aliphatic carbocycles. The van der Waals surface area contributed by atoms with Crippen LogP contribution in [0.1, 0.15) is 26.2 Å². The largest absolute Gasteiger partial charge is 0.371 e. The van der Waals surface area contributed by atoms with Crippen molar-refractivity contribution < 1.29 is 18.0 Å². The maximum absolute atomic E-state index is 14.9. The lowest BCUT2D eigenvalue weighted by Crippen LogP contribution is -2.60. The summed E-state index contributed by atoms with van der Waals surface area (Å²) in [5, 5.41) is 0. The van der Waals surface area contributed by atoms with E-state index in [0.717, 1.165) is 0 Å². The number of hydrogen-bond acceptors (Lipinski definition) is 4. The molecule has 1 aromatic carbocycles. The van der Waals surface area contributed by atoms with Gasteiger partial charge in [-0.25, -0.2) is 18.6 Å². The molecule has 1 aromatic rings. The maximum atomic E-state index is 14.9. The molecule has 27 heavy (non-hydrogen) atoms. The van der Waals surface area contributed by atoms with E-state index in [1.807, 2.05) is 11.8 Å². The summed E-state index contributed by atoms with van der Waals surface area (Å²) in [7, 11) is 0. The fraction of sp³-hybridized carbons (Fsp3) is 0.632. The van der Waals surface area contributed by atoms with Crippen LogP contribution in [0.4, 0.5) is 18.9 Å². The van der Waals surface area contributed by atoms with Crippen LogP contribution in [0.3, 0.4) is 0 Å². The lowest BCUT2D eigenvalue weighted by molar-refractivity contribution is -0.169. The molecule has 3 aliphatic heterocycles. The standard InChI is InChI=1S/C19H25F3N4O/c1-13-9-16(24-23-13)17(27)26-8-6-19(21,22)18(12-26)5-7-25(11-18)15-4-2-3-14(20)10-15/h2-4,10,13,16,23-24H,5-9,11-12H2,1H3. The lowest BCUT2D eigenvalue weighted by atomic mass is 9.75. The second kappa shape index (κ2) is 6.67. The van der Waals surface area contributed by atoms with Gasteiger partial charge in [0.15, 0.2) is 0 Å². The van der Waals surface area contributed by atoms with Gasteiger partial charge in [-0.15, -0.1) is 0 Å². The number of anilines is 1. The van der Waals surface area contributed by atoms with Crippen molar-refractivity contribution in [3.05, 3.63) is 30.1 Å². The number of carbonyl (C=O) groups is 1. The van der Waals surface area contributed by atoms with Crippen molar-refractivity contribution in [3.63, 3.8) is 0 Å². The van der Waals surface area contributed by atoms with Crippen LogP contribution in [0.2, 0.25) is 0 Å². The van der Waals surface area contributed by atoms with Gasteiger partial charge in [-0.05, 0) is 38.0 Å². The minimum absolute atomic E-state index is 0.0389. The zero-order valence-electron chi connectivity index (χ0n) is 15.4. The summed E-state index contributed by atoms with van der Waals surface area (Å²) in [4.78, 5) is 16.2. The van der Waals surface area contributed by atoms with E-state index < -0.39 is 11.3 Å². The second-order valence-corrected chi connectivity index (χ2v) is 8.12. The van der Waals surface area contributed by atoms with Crippen LogP contribution in [0.25, 0.3) is 0 Å². The molecule has 2 N–H and O–H groups in total. The number of nitrogens with one attached hydrogen (secondary N) is 2. The van der Waals surface area contributed by atoms with Crippen LogP contribution in [-0.4, -0.2) is 55.0 Å². The average molecular weight is 382 g/mol. The van der Waals surface area contributed by atoms with E-state index in [0.29, 0.717) is 18.7 Å². The van der Waals surface area contributed by atoms with Crippen molar-refractivity contribution in [1.82, 2.24) is 15.8 Å². The molecule has 0 bridgehead atoms. The van der Waals surface area contributed by atoms with E-state index in [1.165, 1.54) is 12.1 Å². The van der Waals surface area contributed by atoms with Crippen molar-refractivity contribution in [2.24, 2.45) is 5.41 Å². The molecule has 3 saturated heterocycles. The monoisotopic (exact) mass is 382 g/mol. The van der Waals surface area contributed by atoms with Gasteiger partial charge in [0.05, 0.1) is 5.41 Å². The molecule has 3 unspecified atom stereocenters. The van der Waals surface area contributed by atoms with Gasteiger partial charge in [-0.2, -0.15) is 0 Å². The molecule has 3 fully saturated rings. The van der Waals surface area contributed by atoms with E-state index >= 15 is 0 Å². The van der Waals surface area contributed by atoms with Gasteiger partial charge in [0, 0.05) is 44.3 Å². The Morgan fingerprint density at radius 1 is 1.19 bits per heavy atom. The first-order valence-electron chi connectivity index (χ1n) is 9.48. The number of piperidine rings is 1. The normalized spacial score (nSPS) is 33.0. The average Bonchev–Trinajstić information content (AvgIpc) is 3.25. The van der Waals surface area contributed by atoms with E-state index in [1.54, 1.807) is 17.0 Å². The summed E-state index contributed by atoms with van der Waals surface area (Å²) in [6, 6.07) is 5.84. The van der Waals surface area contributed by atoms with Crippen molar-refractivity contribution in [2.45, 2.75) is 44.2 Å². The van der Waals surface area contributed by atoms with Crippen molar-refractivity contribution in [2.75, 3.05) is 31.1 Å². The van der Waals surface area contributed by atoms with Gasteiger partial charge in [-0.3, -0.25) is 10.2 Å². The number of carbonyl (C=O) groups excluding carboxylic acids is 1. The van der Waals surface area contributed by atoms with Gasteiger partial charge < -0.3 is 9.80 Å². The Hall–Kier alpha value is -1.80. The Kier molecular flexibility index (Phi) is 4.58. The van der Waals surface area contributed by atoms with Crippen LogP contribution >= 0.6 is 0 Å². The number of benzene rings is 1. The van der Waals surface area contributed by atoms with Gasteiger partial charge in [0.25, 0.3) is 5.92 Å². The van der Waals surface area contributed by atoms with E-state index in [2.05, 4.69) is 10.9 Å². The van der Waals surface area contributed by atoms with Crippen molar-refractivity contribution in [1.29, 1.82) is 0 Å². The Morgan fingerprint density at radius 2 is 2.00 bits per heavy atom. The van der Waals surface area contributed by atoms with Crippen LogP contribution in [-0.2, 0) is 4.79 Å².